The van der Waals surface area contributed by atoms with Crippen LogP contribution in [0.15, 0.2) is 0 Å². The molecular formula is C5H7O4S. The highest BCUT2D eigenvalue weighted by Gasteiger charge is 2.03. The van der Waals surface area contributed by atoms with Gasteiger partial charge in [0.25, 0.3) is 0 Å². The number of ether oxygens (including phenoxy) is 1. The standard InChI is InChI=1S/C5H7O4S/c1-9-5(8)3-10-2-4(6)7/h2-3H2,1H3. The van der Waals surface area contributed by atoms with Gasteiger partial charge in [-0.25, -0.2) is 9.90 Å². The third-order valence-corrected chi connectivity index (χ3v) is 1.55. The van der Waals surface area contributed by atoms with Crippen molar-refractivity contribution in [3.63, 3.8) is 0 Å². The first-order valence-electron chi connectivity index (χ1n) is 2.51. The van der Waals surface area contributed by atoms with Crippen LogP contribution in [0.2, 0.25) is 0 Å². The molecule has 0 fully saturated rings. The SMILES string of the molecule is COC(=O)CSCC([O])=O. The fraction of sp³-hybridized carbons (Fsp3) is 0.600. The van der Waals surface area contributed by atoms with Crippen molar-refractivity contribution in [2.24, 2.45) is 0 Å². The van der Waals surface area contributed by atoms with Gasteiger partial charge >= 0.3 is 11.9 Å². The van der Waals surface area contributed by atoms with E-state index in [1.165, 1.54) is 7.11 Å². The van der Waals surface area contributed by atoms with Crippen LogP contribution < -0.4 is 0 Å². The lowest BCUT2D eigenvalue weighted by Gasteiger charge is -1.94. The smallest absolute Gasteiger partial charge is 0.365 e. The second-order valence-corrected chi connectivity index (χ2v) is 2.43. The van der Waals surface area contributed by atoms with Crippen molar-refractivity contribution in [1.82, 2.24) is 0 Å². The summed E-state index contributed by atoms with van der Waals surface area (Å²) in [7, 11) is 1.25. The molecule has 0 aromatic carbocycles. The van der Waals surface area contributed by atoms with Crippen LogP contribution in [0.25, 0.3) is 0 Å². The summed E-state index contributed by atoms with van der Waals surface area (Å²) >= 11 is 0.957. The van der Waals surface area contributed by atoms with Gasteiger partial charge in [-0.05, 0) is 0 Å². The van der Waals surface area contributed by atoms with Crippen molar-refractivity contribution in [2.45, 2.75) is 0 Å². The minimum Gasteiger partial charge on any atom is -0.468 e. The Morgan fingerprint density at radius 2 is 2.00 bits per heavy atom. The van der Waals surface area contributed by atoms with E-state index in [0.717, 1.165) is 11.8 Å². The lowest BCUT2D eigenvalue weighted by atomic mass is 10.8. The lowest BCUT2D eigenvalue weighted by molar-refractivity contribution is -0.139. The highest BCUT2D eigenvalue weighted by Crippen LogP contribution is 1.98. The van der Waals surface area contributed by atoms with Crippen LogP contribution in [0.4, 0.5) is 0 Å². The minimum atomic E-state index is -1.17. The summed E-state index contributed by atoms with van der Waals surface area (Å²) < 4.78 is 4.26. The Kier molecular flexibility index (Phi) is 4.74. The van der Waals surface area contributed by atoms with Crippen LogP contribution in [0.5, 0.6) is 0 Å². The lowest BCUT2D eigenvalue weighted by Crippen LogP contribution is -2.06. The second kappa shape index (κ2) is 5.10. The maximum atomic E-state index is 10.3. The van der Waals surface area contributed by atoms with Crippen molar-refractivity contribution in [3.8, 4) is 0 Å². The molecule has 0 amide bonds. The van der Waals surface area contributed by atoms with Crippen LogP contribution in [-0.2, 0) is 19.4 Å². The van der Waals surface area contributed by atoms with E-state index < -0.39 is 11.9 Å². The summed E-state index contributed by atoms with van der Waals surface area (Å²) in [5.41, 5.74) is 0. The van der Waals surface area contributed by atoms with Gasteiger partial charge in [0.2, 0.25) is 0 Å². The monoisotopic (exact) mass is 163 g/mol. The minimum absolute atomic E-state index is 0.0600. The molecule has 0 rings (SSSR count). The van der Waals surface area contributed by atoms with E-state index in [4.69, 9.17) is 0 Å². The Bertz CT molecular complexity index is 134. The van der Waals surface area contributed by atoms with Crippen LogP contribution >= 0.6 is 11.8 Å². The molecule has 0 saturated carbocycles. The van der Waals surface area contributed by atoms with E-state index in [1.807, 2.05) is 0 Å². The van der Waals surface area contributed by atoms with E-state index in [1.54, 1.807) is 0 Å². The molecule has 0 aromatic rings. The molecule has 0 aliphatic carbocycles. The molecule has 0 aliphatic rings. The van der Waals surface area contributed by atoms with E-state index in [-0.39, 0.29) is 11.5 Å². The average Bonchev–Trinajstić information content (AvgIpc) is 1.87. The van der Waals surface area contributed by atoms with Crippen molar-refractivity contribution in [3.05, 3.63) is 0 Å². The average molecular weight is 163 g/mol. The van der Waals surface area contributed by atoms with E-state index in [2.05, 4.69) is 4.74 Å². The number of hydrogen-bond donors (Lipinski definition) is 0. The first kappa shape index (κ1) is 9.29. The number of esters is 1. The molecule has 4 nitrogen and oxygen atoms in total. The first-order chi connectivity index (χ1) is 4.66. The molecular weight excluding hydrogens is 156 g/mol. The van der Waals surface area contributed by atoms with Gasteiger partial charge in [-0.1, -0.05) is 0 Å². The molecule has 0 bridgehead atoms. The Balaban J connectivity index is 3.20. The molecule has 0 aromatic heterocycles. The zero-order chi connectivity index (χ0) is 7.98. The van der Waals surface area contributed by atoms with Gasteiger partial charge in [0.15, 0.2) is 0 Å². The Labute approximate surface area is 62.6 Å². The highest BCUT2D eigenvalue weighted by atomic mass is 32.2. The van der Waals surface area contributed by atoms with Gasteiger partial charge in [0.05, 0.1) is 18.6 Å². The predicted octanol–water partition coefficient (Wildman–Crippen LogP) is -0.150. The number of thioether (sulfide) groups is 1. The first-order valence-corrected chi connectivity index (χ1v) is 3.66. The van der Waals surface area contributed by atoms with Crippen LogP contribution in [0, 0.1) is 0 Å². The zero-order valence-corrected chi connectivity index (χ0v) is 6.27. The molecule has 0 atom stereocenters. The Morgan fingerprint density at radius 3 is 2.40 bits per heavy atom. The number of carbonyl (C=O) groups excluding carboxylic acids is 2. The second-order valence-electron chi connectivity index (χ2n) is 1.44. The summed E-state index contributed by atoms with van der Waals surface area (Å²) in [5.74, 6) is -1.71. The Hall–Kier alpha value is -0.710. The third kappa shape index (κ3) is 5.43. The normalized spacial score (nSPS) is 8.90. The fourth-order valence-corrected chi connectivity index (χ4v) is 0.830. The summed E-state index contributed by atoms with van der Waals surface area (Å²) in [4.78, 5) is 20.1. The predicted molar refractivity (Wildman–Crippen MR) is 35.0 cm³/mol. The summed E-state index contributed by atoms with van der Waals surface area (Å²) in [6, 6.07) is 0. The molecule has 0 heterocycles. The number of carbonyl (C=O) groups is 2. The van der Waals surface area contributed by atoms with Gasteiger partial charge in [-0.3, -0.25) is 4.79 Å². The molecule has 0 aliphatic heterocycles. The molecule has 0 spiro atoms. The van der Waals surface area contributed by atoms with Gasteiger partial charge in [0, 0.05) is 0 Å². The van der Waals surface area contributed by atoms with Gasteiger partial charge in [0.1, 0.15) is 0 Å². The Morgan fingerprint density at radius 1 is 1.40 bits per heavy atom. The molecule has 0 unspecified atom stereocenters. The molecule has 1 radical (unpaired) electrons. The summed E-state index contributed by atoms with van der Waals surface area (Å²) in [5, 5.41) is 9.79. The van der Waals surface area contributed by atoms with Crippen LogP contribution in [0.3, 0.4) is 0 Å². The largest absolute Gasteiger partial charge is 0.468 e. The molecule has 57 valence electrons. The van der Waals surface area contributed by atoms with Crippen molar-refractivity contribution < 1.29 is 19.4 Å². The van der Waals surface area contributed by atoms with Crippen molar-refractivity contribution in [1.29, 1.82) is 0 Å². The maximum Gasteiger partial charge on any atom is 0.365 e. The molecule has 5 heteroatoms. The fourth-order valence-electron chi connectivity index (χ4n) is 0.277. The topological polar surface area (TPSA) is 63.3 Å². The maximum absolute atomic E-state index is 10.3. The van der Waals surface area contributed by atoms with Crippen molar-refractivity contribution >= 4 is 23.7 Å². The van der Waals surface area contributed by atoms with Crippen molar-refractivity contribution in [2.75, 3.05) is 18.6 Å². The third-order valence-electron chi connectivity index (χ3n) is 0.667. The molecule has 0 saturated heterocycles. The zero-order valence-electron chi connectivity index (χ0n) is 5.46. The molecule has 0 N–H and O–H groups in total. The summed E-state index contributed by atoms with van der Waals surface area (Å²) in [6.45, 7) is 0. The van der Waals surface area contributed by atoms with Gasteiger partial charge < -0.3 is 4.74 Å². The van der Waals surface area contributed by atoms with Crippen LogP contribution in [0.1, 0.15) is 0 Å². The molecule has 10 heavy (non-hydrogen) atoms. The highest BCUT2D eigenvalue weighted by molar-refractivity contribution is 8.00. The van der Waals surface area contributed by atoms with E-state index in [0.29, 0.717) is 0 Å². The number of rotatable bonds is 4. The quantitative estimate of drug-likeness (QED) is 0.540. The number of hydrogen-bond acceptors (Lipinski definition) is 4. The van der Waals surface area contributed by atoms with E-state index >= 15 is 0 Å². The van der Waals surface area contributed by atoms with Crippen LogP contribution in [-0.4, -0.2) is 30.6 Å². The van der Waals surface area contributed by atoms with E-state index in [9.17, 15) is 14.7 Å². The van der Waals surface area contributed by atoms with Gasteiger partial charge in [-0.15, -0.1) is 11.8 Å². The van der Waals surface area contributed by atoms with Gasteiger partial charge in [-0.2, -0.15) is 0 Å². The summed E-state index contributed by atoms with van der Waals surface area (Å²) in [6.07, 6.45) is 0. The number of methoxy groups -OCH3 is 1.